The molecule has 0 radical (unpaired) electrons. The van der Waals surface area contributed by atoms with Crippen molar-refractivity contribution < 1.29 is 5.11 Å². The lowest BCUT2D eigenvalue weighted by atomic mass is 10.4. The molecular weight excluding hydrogens is 150 g/mol. The second kappa shape index (κ2) is 2.98. The van der Waals surface area contributed by atoms with E-state index in [1.807, 2.05) is 0 Å². The Bertz CT molecular complexity index is 250. The average molecular weight is 159 g/mol. The molecule has 0 aliphatic rings. The molecule has 10 heavy (non-hydrogen) atoms. The number of nitrogens with zero attached hydrogens (tertiary/aromatic N) is 1. The van der Waals surface area contributed by atoms with Crippen molar-refractivity contribution in [2.24, 2.45) is 0 Å². The SMILES string of the molecule is CC(O)Cn1sccc1=O. The molecule has 0 aliphatic heterocycles. The third-order valence-electron chi connectivity index (χ3n) is 1.07. The second-order valence-corrected chi connectivity index (χ2v) is 3.08. The summed E-state index contributed by atoms with van der Waals surface area (Å²) in [5, 5.41) is 10.6. The fourth-order valence-corrected chi connectivity index (χ4v) is 1.46. The summed E-state index contributed by atoms with van der Waals surface area (Å²) in [6, 6.07) is 1.49. The van der Waals surface area contributed by atoms with E-state index < -0.39 is 6.10 Å². The fraction of sp³-hybridized carbons (Fsp3) is 0.500. The summed E-state index contributed by atoms with van der Waals surface area (Å²) in [5.41, 5.74) is -0.0362. The van der Waals surface area contributed by atoms with Gasteiger partial charge < -0.3 is 5.11 Å². The number of rotatable bonds is 2. The van der Waals surface area contributed by atoms with Crippen LogP contribution in [0.15, 0.2) is 16.2 Å². The van der Waals surface area contributed by atoms with Crippen molar-refractivity contribution in [3.05, 3.63) is 21.8 Å². The van der Waals surface area contributed by atoms with Crippen molar-refractivity contribution in [2.45, 2.75) is 19.6 Å². The first-order chi connectivity index (χ1) is 4.70. The van der Waals surface area contributed by atoms with E-state index in [1.54, 1.807) is 12.3 Å². The van der Waals surface area contributed by atoms with Crippen LogP contribution in [-0.2, 0) is 6.54 Å². The summed E-state index contributed by atoms with van der Waals surface area (Å²) in [7, 11) is 0. The zero-order valence-electron chi connectivity index (χ0n) is 5.65. The van der Waals surface area contributed by atoms with Gasteiger partial charge >= 0.3 is 0 Å². The van der Waals surface area contributed by atoms with Crippen molar-refractivity contribution in [2.75, 3.05) is 0 Å². The van der Waals surface area contributed by atoms with Gasteiger partial charge in [-0.25, -0.2) is 0 Å². The summed E-state index contributed by atoms with van der Waals surface area (Å²) < 4.78 is 1.52. The lowest BCUT2D eigenvalue weighted by Crippen LogP contribution is -2.19. The number of hydrogen-bond acceptors (Lipinski definition) is 3. The lowest BCUT2D eigenvalue weighted by Gasteiger charge is -2.01. The smallest absolute Gasteiger partial charge is 0.260 e. The van der Waals surface area contributed by atoms with Gasteiger partial charge in [0, 0.05) is 11.4 Å². The Hall–Kier alpha value is -0.610. The molecule has 0 aromatic carbocycles. The summed E-state index contributed by atoms with van der Waals surface area (Å²) in [5.74, 6) is 0. The van der Waals surface area contributed by atoms with Crippen LogP contribution in [0.25, 0.3) is 0 Å². The standard InChI is InChI=1S/C6H9NO2S/c1-5(8)4-7-6(9)2-3-10-7/h2-3,5,8H,4H2,1H3. The minimum atomic E-state index is -0.448. The van der Waals surface area contributed by atoms with Gasteiger partial charge in [-0.1, -0.05) is 11.5 Å². The molecule has 1 aromatic rings. The molecule has 1 atom stereocenters. The van der Waals surface area contributed by atoms with E-state index in [-0.39, 0.29) is 5.56 Å². The number of aromatic nitrogens is 1. The first-order valence-corrected chi connectivity index (χ1v) is 3.86. The minimum Gasteiger partial charge on any atom is -0.392 e. The first-order valence-electron chi connectivity index (χ1n) is 3.03. The molecule has 3 nitrogen and oxygen atoms in total. The van der Waals surface area contributed by atoms with E-state index in [0.29, 0.717) is 6.54 Å². The molecule has 0 spiro atoms. The van der Waals surface area contributed by atoms with Gasteiger partial charge in [-0.2, -0.15) is 0 Å². The summed E-state index contributed by atoms with van der Waals surface area (Å²) >= 11 is 1.32. The highest BCUT2D eigenvalue weighted by molar-refractivity contribution is 7.04. The molecule has 1 aromatic heterocycles. The molecular formula is C6H9NO2S. The number of hydrogen-bond donors (Lipinski definition) is 1. The summed E-state index contributed by atoms with van der Waals surface area (Å²) in [6.45, 7) is 2.06. The van der Waals surface area contributed by atoms with E-state index in [4.69, 9.17) is 5.11 Å². The van der Waals surface area contributed by atoms with Crippen molar-refractivity contribution in [1.29, 1.82) is 0 Å². The molecule has 4 heteroatoms. The van der Waals surface area contributed by atoms with Crippen molar-refractivity contribution in [1.82, 2.24) is 3.96 Å². The molecule has 1 rings (SSSR count). The van der Waals surface area contributed by atoms with Gasteiger partial charge in [-0.05, 0) is 6.92 Å². The Morgan fingerprint density at radius 2 is 2.60 bits per heavy atom. The number of aliphatic hydroxyl groups is 1. The summed E-state index contributed by atoms with van der Waals surface area (Å²) in [4.78, 5) is 10.8. The summed E-state index contributed by atoms with van der Waals surface area (Å²) in [6.07, 6.45) is -0.448. The normalized spacial score (nSPS) is 13.4. The van der Waals surface area contributed by atoms with E-state index in [9.17, 15) is 4.79 Å². The predicted octanol–water partition coefficient (Wildman–Crippen LogP) is 0.291. The van der Waals surface area contributed by atoms with E-state index in [1.165, 1.54) is 21.6 Å². The van der Waals surface area contributed by atoms with E-state index in [0.717, 1.165) is 0 Å². The van der Waals surface area contributed by atoms with Gasteiger partial charge in [0.25, 0.3) is 5.56 Å². The molecule has 1 heterocycles. The largest absolute Gasteiger partial charge is 0.392 e. The molecule has 0 saturated carbocycles. The Morgan fingerprint density at radius 3 is 3.00 bits per heavy atom. The molecule has 0 aliphatic carbocycles. The van der Waals surface area contributed by atoms with Gasteiger partial charge in [0.2, 0.25) is 0 Å². The second-order valence-electron chi connectivity index (χ2n) is 2.16. The molecule has 0 bridgehead atoms. The van der Waals surface area contributed by atoms with Gasteiger partial charge in [0.15, 0.2) is 0 Å². The molecule has 1 unspecified atom stereocenters. The van der Waals surface area contributed by atoms with Crippen LogP contribution >= 0.6 is 11.5 Å². The Kier molecular flexibility index (Phi) is 2.24. The van der Waals surface area contributed by atoms with E-state index >= 15 is 0 Å². The van der Waals surface area contributed by atoms with Crippen LogP contribution in [0.4, 0.5) is 0 Å². The van der Waals surface area contributed by atoms with Crippen molar-refractivity contribution in [3.8, 4) is 0 Å². The van der Waals surface area contributed by atoms with Gasteiger partial charge in [0.1, 0.15) is 0 Å². The average Bonchev–Trinajstić information content (AvgIpc) is 2.15. The van der Waals surface area contributed by atoms with Crippen LogP contribution in [0.1, 0.15) is 6.92 Å². The molecule has 0 saturated heterocycles. The molecule has 0 fully saturated rings. The zero-order chi connectivity index (χ0) is 7.56. The number of aliphatic hydroxyl groups excluding tert-OH is 1. The Balaban J connectivity index is 2.75. The Labute approximate surface area is 62.7 Å². The minimum absolute atomic E-state index is 0.0362. The highest BCUT2D eigenvalue weighted by Crippen LogP contribution is 1.94. The van der Waals surface area contributed by atoms with Crippen LogP contribution in [0.5, 0.6) is 0 Å². The molecule has 0 amide bonds. The fourth-order valence-electron chi connectivity index (χ4n) is 0.670. The highest BCUT2D eigenvalue weighted by Gasteiger charge is 1.99. The zero-order valence-corrected chi connectivity index (χ0v) is 6.47. The van der Waals surface area contributed by atoms with Crippen molar-refractivity contribution >= 4 is 11.5 Å². The van der Waals surface area contributed by atoms with Crippen LogP contribution in [-0.4, -0.2) is 15.2 Å². The molecule has 1 N–H and O–H groups in total. The first kappa shape index (κ1) is 7.50. The third kappa shape index (κ3) is 1.68. The van der Waals surface area contributed by atoms with Crippen LogP contribution in [0.2, 0.25) is 0 Å². The van der Waals surface area contributed by atoms with E-state index in [2.05, 4.69) is 0 Å². The maximum Gasteiger partial charge on any atom is 0.260 e. The lowest BCUT2D eigenvalue weighted by molar-refractivity contribution is 0.176. The van der Waals surface area contributed by atoms with Gasteiger partial charge in [-0.15, -0.1) is 0 Å². The van der Waals surface area contributed by atoms with Gasteiger partial charge in [-0.3, -0.25) is 8.75 Å². The maximum atomic E-state index is 10.8. The quantitative estimate of drug-likeness (QED) is 0.674. The topological polar surface area (TPSA) is 42.2 Å². The van der Waals surface area contributed by atoms with Crippen LogP contribution < -0.4 is 5.56 Å². The van der Waals surface area contributed by atoms with Crippen molar-refractivity contribution in [3.63, 3.8) is 0 Å². The monoisotopic (exact) mass is 159 g/mol. The van der Waals surface area contributed by atoms with Gasteiger partial charge in [0.05, 0.1) is 12.6 Å². The maximum absolute atomic E-state index is 10.8. The Morgan fingerprint density at radius 1 is 1.90 bits per heavy atom. The predicted molar refractivity (Wildman–Crippen MR) is 40.3 cm³/mol. The van der Waals surface area contributed by atoms with Crippen LogP contribution in [0.3, 0.4) is 0 Å². The highest BCUT2D eigenvalue weighted by atomic mass is 32.1. The van der Waals surface area contributed by atoms with Crippen LogP contribution in [0, 0.1) is 0 Å². The molecule has 56 valence electrons. The third-order valence-corrected chi connectivity index (χ3v) is 1.92.